The van der Waals surface area contributed by atoms with Crippen molar-refractivity contribution in [1.82, 2.24) is 4.90 Å². The van der Waals surface area contributed by atoms with E-state index >= 15 is 0 Å². The number of nitrogens with zero attached hydrogens (tertiary/aromatic N) is 2. The van der Waals surface area contributed by atoms with E-state index in [9.17, 15) is 28.1 Å². The zero-order valence-corrected chi connectivity index (χ0v) is 11.2. The number of aliphatic hydroxyl groups excluding tert-OH is 1. The highest BCUT2D eigenvalue weighted by molar-refractivity contribution is 6.33. The minimum atomic E-state index is -4.63. The molecule has 1 amide bonds. The molecule has 0 fully saturated rings. The number of alkyl halides is 3. The summed E-state index contributed by atoms with van der Waals surface area (Å²) < 4.78 is 37.1. The molecule has 1 N–H and O–H groups in total. The summed E-state index contributed by atoms with van der Waals surface area (Å²) in [4.78, 5) is 22.1. The van der Waals surface area contributed by atoms with Gasteiger partial charge < -0.3 is 10.0 Å². The van der Waals surface area contributed by atoms with Crippen LogP contribution >= 0.6 is 11.6 Å². The van der Waals surface area contributed by atoms with E-state index in [-0.39, 0.29) is 10.6 Å². The topological polar surface area (TPSA) is 83.7 Å². The van der Waals surface area contributed by atoms with Gasteiger partial charge >= 0.3 is 6.18 Å². The van der Waals surface area contributed by atoms with E-state index in [0.717, 1.165) is 18.2 Å². The summed E-state index contributed by atoms with van der Waals surface area (Å²) in [5.74, 6) is -1.03. The van der Waals surface area contributed by atoms with Crippen molar-refractivity contribution in [2.24, 2.45) is 0 Å². The quantitative estimate of drug-likeness (QED) is 0.664. The fourth-order valence-corrected chi connectivity index (χ4v) is 1.81. The third-order valence-electron chi connectivity index (χ3n) is 2.42. The van der Waals surface area contributed by atoms with Gasteiger partial charge in [-0.25, -0.2) is 0 Å². The van der Waals surface area contributed by atoms with Crippen LogP contribution in [0, 0.1) is 10.1 Å². The molecule has 0 heterocycles. The summed E-state index contributed by atoms with van der Waals surface area (Å²) in [6.07, 6.45) is -4.63. The third-order valence-corrected chi connectivity index (χ3v) is 2.72. The number of aliphatic hydroxyl groups is 1. The van der Waals surface area contributed by atoms with Crippen molar-refractivity contribution in [2.75, 3.05) is 19.7 Å². The number of halogens is 4. The Labute approximate surface area is 121 Å². The maximum Gasteiger partial charge on any atom is 0.406 e. The Kier molecular flexibility index (Phi) is 5.50. The number of carbonyl (C=O) groups is 1. The molecule has 6 nitrogen and oxygen atoms in total. The number of hydrogen-bond donors (Lipinski definition) is 1. The molecule has 0 bridgehead atoms. The number of nitro groups is 1. The van der Waals surface area contributed by atoms with Gasteiger partial charge in [0.2, 0.25) is 0 Å². The van der Waals surface area contributed by atoms with Crippen molar-refractivity contribution in [2.45, 2.75) is 6.18 Å². The number of benzene rings is 1. The average Bonchev–Trinajstić information content (AvgIpc) is 2.35. The van der Waals surface area contributed by atoms with Crippen LogP contribution in [-0.2, 0) is 0 Å². The molecule has 1 aromatic rings. The zero-order valence-electron chi connectivity index (χ0n) is 10.4. The van der Waals surface area contributed by atoms with Gasteiger partial charge in [0.1, 0.15) is 11.6 Å². The van der Waals surface area contributed by atoms with Crippen molar-refractivity contribution < 1.29 is 28.0 Å². The van der Waals surface area contributed by atoms with Crippen LogP contribution in [0.3, 0.4) is 0 Å². The molecule has 1 rings (SSSR count). The molecule has 0 saturated carbocycles. The molecule has 0 radical (unpaired) electrons. The van der Waals surface area contributed by atoms with Crippen molar-refractivity contribution in [3.8, 4) is 0 Å². The minimum Gasteiger partial charge on any atom is -0.395 e. The molecule has 0 aromatic heterocycles. The third kappa shape index (κ3) is 4.87. The van der Waals surface area contributed by atoms with Gasteiger partial charge in [-0.15, -0.1) is 0 Å². The van der Waals surface area contributed by atoms with E-state index < -0.39 is 42.4 Å². The van der Waals surface area contributed by atoms with Crippen LogP contribution in [0.5, 0.6) is 0 Å². The molecule has 0 unspecified atom stereocenters. The fourth-order valence-electron chi connectivity index (χ4n) is 1.56. The maximum atomic E-state index is 12.4. The smallest absolute Gasteiger partial charge is 0.395 e. The van der Waals surface area contributed by atoms with E-state index in [1.807, 2.05) is 0 Å². The van der Waals surface area contributed by atoms with Crippen LogP contribution in [0.2, 0.25) is 5.02 Å². The summed E-state index contributed by atoms with van der Waals surface area (Å²) in [5, 5.41) is 18.9. The number of nitro benzene ring substituents is 1. The summed E-state index contributed by atoms with van der Waals surface area (Å²) in [6.45, 7) is -2.71. The Morgan fingerprint density at radius 3 is 2.48 bits per heavy atom. The molecule has 0 spiro atoms. The van der Waals surface area contributed by atoms with Crippen molar-refractivity contribution in [3.05, 3.63) is 38.9 Å². The summed E-state index contributed by atoms with van der Waals surface area (Å²) in [7, 11) is 0. The molecule has 1 aromatic carbocycles. The molecule has 0 saturated heterocycles. The Morgan fingerprint density at radius 1 is 1.43 bits per heavy atom. The maximum absolute atomic E-state index is 12.4. The van der Waals surface area contributed by atoms with E-state index in [1.165, 1.54) is 0 Å². The lowest BCUT2D eigenvalue weighted by Crippen LogP contribution is -2.40. The first-order chi connectivity index (χ1) is 9.65. The number of amides is 1. The molecule has 10 heteroatoms. The summed E-state index contributed by atoms with van der Waals surface area (Å²) >= 11 is 5.60. The predicted molar refractivity (Wildman–Crippen MR) is 67.2 cm³/mol. The second-order valence-corrected chi connectivity index (χ2v) is 4.40. The minimum absolute atomic E-state index is 0.233. The highest BCUT2D eigenvalue weighted by atomic mass is 35.5. The van der Waals surface area contributed by atoms with Crippen LogP contribution in [0.4, 0.5) is 18.9 Å². The monoisotopic (exact) mass is 326 g/mol. The molecule has 0 aliphatic carbocycles. The second-order valence-electron chi connectivity index (χ2n) is 3.99. The molecular formula is C11H10ClF3N2O4. The van der Waals surface area contributed by atoms with Crippen LogP contribution in [0.15, 0.2) is 18.2 Å². The van der Waals surface area contributed by atoms with Gasteiger partial charge in [-0.3, -0.25) is 14.9 Å². The second kappa shape index (κ2) is 6.72. The Morgan fingerprint density at radius 2 is 2.05 bits per heavy atom. The van der Waals surface area contributed by atoms with Gasteiger partial charge in [-0.05, 0) is 12.1 Å². The lowest BCUT2D eigenvalue weighted by Gasteiger charge is -2.23. The lowest BCUT2D eigenvalue weighted by atomic mass is 10.1. The van der Waals surface area contributed by atoms with Gasteiger partial charge in [0.05, 0.1) is 11.5 Å². The van der Waals surface area contributed by atoms with Crippen LogP contribution in [0.1, 0.15) is 10.4 Å². The van der Waals surface area contributed by atoms with E-state index in [0.29, 0.717) is 4.90 Å². The highest BCUT2D eigenvalue weighted by Gasteiger charge is 2.33. The standard InChI is InChI=1S/C11H10ClF3N2O4/c12-8-5-7(1-2-9(8)17(20)21)10(19)16(3-4-18)6-11(13,14)15/h1-2,5,18H,3-4,6H2. The largest absolute Gasteiger partial charge is 0.406 e. The molecule has 21 heavy (non-hydrogen) atoms. The van der Waals surface area contributed by atoms with Crippen LogP contribution in [0.25, 0.3) is 0 Å². The highest BCUT2D eigenvalue weighted by Crippen LogP contribution is 2.26. The normalized spacial score (nSPS) is 11.3. The number of hydrogen-bond acceptors (Lipinski definition) is 4. The molecule has 0 aliphatic rings. The van der Waals surface area contributed by atoms with Crippen molar-refractivity contribution >= 4 is 23.2 Å². The van der Waals surface area contributed by atoms with Gasteiger partial charge in [-0.2, -0.15) is 13.2 Å². The Balaban J connectivity index is 3.04. The van der Waals surface area contributed by atoms with Crippen molar-refractivity contribution in [1.29, 1.82) is 0 Å². The van der Waals surface area contributed by atoms with Gasteiger partial charge in [0, 0.05) is 18.2 Å². The summed E-state index contributed by atoms with van der Waals surface area (Å²) in [6, 6.07) is 2.86. The lowest BCUT2D eigenvalue weighted by molar-refractivity contribution is -0.384. The predicted octanol–water partition coefficient (Wildman–Crippen LogP) is 2.25. The van der Waals surface area contributed by atoms with Gasteiger partial charge in [0.25, 0.3) is 11.6 Å². The summed E-state index contributed by atoms with van der Waals surface area (Å²) in [5.41, 5.74) is -0.693. The Bertz CT molecular complexity index is 551. The molecule has 116 valence electrons. The SMILES string of the molecule is O=C(c1ccc([N+](=O)[O-])c(Cl)c1)N(CCO)CC(F)(F)F. The molecular weight excluding hydrogens is 317 g/mol. The van der Waals surface area contributed by atoms with E-state index in [1.54, 1.807) is 0 Å². The fraction of sp³-hybridized carbons (Fsp3) is 0.364. The van der Waals surface area contributed by atoms with Gasteiger partial charge in [-0.1, -0.05) is 11.6 Å². The Hall–Kier alpha value is -1.87. The van der Waals surface area contributed by atoms with Crippen LogP contribution in [-0.4, -0.2) is 46.7 Å². The van der Waals surface area contributed by atoms with Crippen molar-refractivity contribution in [3.63, 3.8) is 0 Å². The number of rotatable bonds is 5. The molecule has 0 atom stereocenters. The molecule has 0 aliphatic heterocycles. The van der Waals surface area contributed by atoms with E-state index in [2.05, 4.69) is 0 Å². The first kappa shape index (κ1) is 17.2. The zero-order chi connectivity index (χ0) is 16.2. The van der Waals surface area contributed by atoms with Crippen LogP contribution < -0.4 is 0 Å². The first-order valence-electron chi connectivity index (χ1n) is 5.56. The number of carbonyl (C=O) groups excluding carboxylic acids is 1. The van der Waals surface area contributed by atoms with E-state index in [4.69, 9.17) is 16.7 Å². The first-order valence-corrected chi connectivity index (χ1v) is 5.94. The van der Waals surface area contributed by atoms with Gasteiger partial charge in [0.15, 0.2) is 0 Å². The average molecular weight is 327 g/mol.